The summed E-state index contributed by atoms with van der Waals surface area (Å²) in [4.78, 5) is 0. The number of aliphatic hydroxyl groups excluding tert-OH is 1. The first-order valence-electron chi connectivity index (χ1n) is 5.66. The highest BCUT2D eigenvalue weighted by atomic mass is 16.5. The molecule has 0 bridgehead atoms. The zero-order chi connectivity index (χ0) is 12.5. The zero-order valence-electron chi connectivity index (χ0n) is 10.4. The van der Waals surface area contributed by atoms with E-state index in [9.17, 15) is 5.11 Å². The quantitative estimate of drug-likeness (QED) is 0.704. The summed E-state index contributed by atoms with van der Waals surface area (Å²) in [5.74, 6) is 0.737. The molecule has 1 rings (SSSR count). The van der Waals surface area contributed by atoms with Crippen molar-refractivity contribution in [3.63, 3.8) is 0 Å². The first-order chi connectivity index (χ1) is 8.27. The van der Waals surface area contributed by atoms with Crippen molar-refractivity contribution in [3.8, 4) is 5.75 Å². The van der Waals surface area contributed by atoms with E-state index in [0.29, 0.717) is 13.2 Å². The molecule has 0 amide bonds. The molecule has 0 saturated carbocycles. The number of benzene rings is 1. The lowest BCUT2D eigenvalue weighted by Gasteiger charge is -2.12. The summed E-state index contributed by atoms with van der Waals surface area (Å²) in [5.41, 5.74) is 0.802. The summed E-state index contributed by atoms with van der Waals surface area (Å²) in [6, 6.07) is 7.35. The Bertz CT molecular complexity index is 314. The minimum Gasteiger partial charge on any atom is -0.497 e. The van der Waals surface area contributed by atoms with Gasteiger partial charge in [-0.15, -0.1) is 0 Å². The molecule has 0 saturated heterocycles. The lowest BCUT2D eigenvalue weighted by atomic mass is 10.1. The standard InChI is InChI=1S/C13H20O4/c1-15-7-4-8-17-10-13(14)11-5-3-6-12(9-11)16-2/h3,5-6,9,13-14H,4,7-8,10H2,1-2H3. The highest BCUT2D eigenvalue weighted by Gasteiger charge is 2.08. The van der Waals surface area contributed by atoms with Crippen LogP contribution in [0.15, 0.2) is 24.3 Å². The second kappa shape index (κ2) is 8.06. The molecular weight excluding hydrogens is 220 g/mol. The SMILES string of the molecule is COCCCOCC(O)c1cccc(OC)c1. The third-order valence-electron chi connectivity index (χ3n) is 2.39. The lowest BCUT2D eigenvalue weighted by molar-refractivity contribution is 0.0278. The smallest absolute Gasteiger partial charge is 0.119 e. The second-order valence-corrected chi connectivity index (χ2v) is 3.71. The van der Waals surface area contributed by atoms with Crippen LogP contribution in [0.3, 0.4) is 0 Å². The minimum absolute atomic E-state index is 0.289. The Morgan fingerprint density at radius 3 is 2.76 bits per heavy atom. The Morgan fingerprint density at radius 1 is 1.24 bits per heavy atom. The Kier molecular flexibility index (Phi) is 6.62. The molecule has 96 valence electrons. The van der Waals surface area contributed by atoms with Gasteiger partial charge in [0.25, 0.3) is 0 Å². The normalized spacial score (nSPS) is 12.4. The fourth-order valence-corrected chi connectivity index (χ4v) is 1.45. The number of hydrogen-bond donors (Lipinski definition) is 1. The zero-order valence-corrected chi connectivity index (χ0v) is 10.4. The first-order valence-corrected chi connectivity index (χ1v) is 5.66. The summed E-state index contributed by atoms with van der Waals surface area (Å²) in [6.07, 6.45) is 0.217. The van der Waals surface area contributed by atoms with Gasteiger partial charge in [-0.3, -0.25) is 0 Å². The van der Waals surface area contributed by atoms with E-state index in [1.165, 1.54) is 0 Å². The first kappa shape index (κ1) is 14.0. The third kappa shape index (κ3) is 5.17. The van der Waals surface area contributed by atoms with Crippen molar-refractivity contribution < 1.29 is 19.3 Å². The van der Waals surface area contributed by atoms with Gasteiger partial charge in [-0.25, -0.2) is 0 Å². The molecule has 4 heteroatoms. The van der Waals surface area contributed by atoms with Gasteiger partial charge in [0.05, 0.1) is 13.7 Å². The number of aliphatic hydroxyl groups is 1. The van der Waals surface area contributed by atoms with Crippen molar-refractivity contribution in [1.29, 1.82) is 0 Å². The summed E-state index contributed by atoms with van der Waals surface area (Å²) in [7, 11) is 3.26. The van der Waals surface area contributed by atoms with E-state index in [-0.39, 0.29) is 6.61 Å². The van der Waals surface area contributed by atoms with Gasteiger partial charge in [-0.1, -0.05) is 12.1 Å². The summed E-state index contributed by atoms with van der Waals surface area (Å²) in [6.45, 7) is 1.56. The van der Waals surface area contributed by atoms with Crippen LogP contribution in [0, 0.1) is 0 Å². The molecule has 1 unspecified atom stereocenters. The molecule has 17 heavy (non-hydrogen) atoms. The highest BCUT2D eigenvalue weighted by molar-refractivity contribution is 5.29. The molecule has 0 aliphatic rings. The van der Waals surface area contributed by atoms with E-state index in [1.807, 2.05) is 24.3 Å². The molecule has 0 radical (unpaired) electrons. The van der Waals surface area contributed by atoms with Crippen molar-refractivity contribution in [1.82, 2.24) is 0 Å². The molecule has 1 aromatic carbocycles. The Morgan fingerprint density at radius 2 is 2.06 bits per heavy atom. The number of hydrogen-bond acceptors (Lipinski definition) is 4. The van der Waals surface area contributed by atoms with E-state index in [4.69, 9.17) is 14.2 Å². The van der Waals surface area contributed by atoms with Crippen LogP contribution in [0.2, 0.25) is 0 Å². The Hall–Kier alpha value is -1.10. The molecule has 1 aromatic rings. The fourth-order valence-electron chi connectivity index (χ4n) is 1.45. The molecule has 0 fully saturated rings. The van der Waals surface area contributed by atoms with Crippen LogP contribution in [0.5, 0.6) is 5.75 Å². The minimum atomic E-state index is -0.618. The monoisotopic (exact) mass is 240 g/mol. The molecule has 0 spiro atoms. The average Bonchev–Trinajstić information content (AvgIpc) is 2.38. The van der Waals surface area contributed by atoms with Crippen LogP contribution in [-0.2, 0) is 9.47 Å². The summed E-state index contributed by atoms with van der Waals surface area (Å²) < 4.78 is 15.4. The predicted molar refractivity (Wildman–Crippen MR) is 65.3 cm³/mol. The van der Waals surface area contributed by atoms with Crippen molar-refractivity contribution in [2.75, 3.05) is 34.0 Å². The molecule has 0 aromatic heterocycles. The van der Waals surface area contributed by atoms with Crippen LogP contribution >= 0.6 is 0 Å². The number of rotatable bonds is 8. The van der Waals surface area contributed by atoms with Crippen molar-refractivity contribution >= 4 is 0 Å². The van der Waals surface area contributed by atoms with Gasteiger partial charge < -0.3 is 19.3 Å². The van der Waals surface area contributed by atoms with Gasteiger partial charge in [0, 0.05) is 20.3 Å². The van der Waals surface area contributed by atoms with Gasteiger partial charge in [0.2, 0.25) is 0 Å². The van der Waals surface area contributed by atoms with Crippen LogP contribution in [0.4, 0.5) is 0 Å². The van der Waals surface area contributed by atoms with Gasteiger partial charge in [0.1, 0.15) is 11.9 Å². The molecule has 1 atom stereocenters. The van der Waals surface area contributed by atoms with Gasteiger partial charge in [0.15, 0.2) is 0 Å². The van der Waals surface area contributed by atoms with Crippen molar-refractivity contribution in [2.24, 2.45) is 0 Å². The second-order valence-electron chi connectivity index (χ2n) is 3.71. The Labute approximate surface area is 102 Å². The van der Waals surface area contributed by atoms with E-state index in [2.05, 4.69) is 0 Å². The van der Waals surface area contributed by atoms with Crippen molar-refractivity contribution in [3.05, 3.63) is 29.8 Å². The van der Waals surface area contributed by atoms with Crippen LogP contribution in [-0.4, -0.2) is 39.1 Å². The maximum atomic E-state index is 9.89. The van der Waals surface area contributed by atoms with Gasteiger partial charge in [-0.2, -0.15) is 0 Å². The Balaban J connectivity index is 2.33. The summed E-state index contributed by atoms with van der Waals surface area (Å²) >= 11 is 0. The fraction of sp³-hybridized carbons (Fsp3) is 0.538. The van der Waals surface area contributed by atoms with Crippen LogP contribution in [0.25, 0.3) is 0 Å². The van der Waals surface area contributed by atoms with Gasteiger partial charge in [-0.05, 0) is 24.1 Å². The molecule has 0 aliphatic carbocycles. The summed E-state index contributed by atoms with van der Waals surface area (Å²) in [5, 5.41) is 9.89. The lowest BCUT2D eigenvalue weighted by Crippen LogP contribution is -2.09. The molecule has 0 heterocycles. The van der Waals surface area contributed by atoms with Crippen LogP contribution < -0.4 is 4.74 Å². The maximum Gasteiger partial charge on any atom is 0.119 e. The predicted octanol–water partition coefficient (Wildman–Crippen LogP) is 1.78. The molecule has 0 aliphatic heterocycles. The van der Waals surface area contributed by atoms with Crippen molar-refractivity contribution in [2.45, 2.75) is 12.5 Å². The maximum absolute atomic E-state index is 9.89. The largest absolute Gasteiger partial charge is 0.497 e. The number of methoxy groups -OCH3 is 2. The molecular formula is C13H20O4. The van der Waals surface area contributed by atoms with Gasteiger partial charge >= 0.3 is 0 Å². The van der Waals surface area contributed by atoms with Crippen LogP contribution in [0.1, 0.15) is 18.1 Å². The highest BCUT2D eigenvalue weighted by Crippen LogP contribution is 2.19. The average molecular weight is 240 g/mol. The molecule has 4 nitrogen and oxygen atoms in total. The van der Waals surface area contributed by atoms with E-state index >= 15 is 0 Å². The topological polar surface area (TPSA) is 47.9 Å². The third-order valence-corrected chi connectivity index (χ3v) is 2.39. The molecule has 1 N–H and O–H groups in total. The van der Waals surface area contributed by atoms with E-state index in [1.54, 1.807) is 14.2 Å². The number of ether oxygens (including phenoxy) is 3. The van der Waals surface area contributed by atoms with E-state index < -0.39 is 6.10 Å². The van der Waals surface area contributed by atoms with E-state index in [0.717, 1.165) is 17.7 Å².